The number of carbonyl (C=O) groups excluding carboxylic acids is 2. The van der Waals surface area contributed by atoms with E-state index < -0.39 is 17.6 Å². The van der Waals surface area contributed by atoms with Crippen LogP contribution in [0.2, 0.25) is 5.15 Å². The van der Waals surface area contributed by atoms with E-state index in [-0.39, 0.29) is 10.8 Å². The SMILES string of the molecule is CNC(=O)c1cc(NC(=O)OC(C)(C)C)cc(Cl)n1. The molecule has 0 aliphatic heterocycles. The van der Waals surface area contributed by atoms with E-state index in [0.717, 1.165) is 0 Å². The van der Waals surface area contributed by atoms with Gasteiger partial charge in [0, 0.05) is 12.7 Å². The third kappa shape index (κ3) is 5.13. The van der Waals surface area contributed by atoms with Crippen molar-refractivity contribution in [2.45, 2.75) is 26.4 Å². The Balaban J connectivity index is 2.87. The van der Waals surface area contributed by atoms with E-state index >= 15 is 0 Å². The van der Waals surface area contributed by atoms with E-state index in [9.17, 15) is 9.59 Å². The van der Waals surface area contributed by atoms with Crippen molar-refractivity contribution in [2.24, 2.45) is 0 Å². The van der Waals surface area contributed by atoms with Gasteiger partial charge in [0.1, 0.15) is 16.4 Å². The van der Waals surface area contributed by atoms with Gasteiger partial charge >= 0.3 is 6.09 Å². The summed E-state index contributed by atoms with van der Waals surface area (Å²) >= 11 is 5.78. The normalized spacial score (nSPS) is 10.8. The molecule has 1 heterocycles. The minimum atomic E-state index is -0.627. The molecule has 0 saturated heterocycles. The van der Waals surface area contributed by atoms with Gasteiger partial charge in [-0.1, -0.05) is 11.6 Å². The van der Waals surface area contributed by atoms with Gasteiger partial charge in [-0.2, -0.15) is 0 Å². The largest absolute Gasteiger partial charge is 0.444 e. The molecule has 0 aliphatic rings. The Morgan fingerprint density at radius 1 is 1.32 bits per heavy atom. The molecule has 2 amide bonds. The number of ether oxygens (including phenoxy) is 1. The maximum absolute atomic E-state index is 11.6. The number of halogens is 1. The van der Waals surface area contributed by atoms with Crippen LogP contribution in [-0.2, 0) is 4.74 Å². The number of aromatic nitrogens is 1. The maximum atomic E-state index is 11.6. The number of anilines is 1. The summed E-state index contributed by atoms with van der Waals surface area (Å²) < 4.78 is 5.09. The number of nitrogens with zero attached hydrogens (tertiary/aromatic N) is 1. The molecule has 104 valence electrons. The zero-order valence-corrected chi connectivity index (χ0v) is 12.0. The van der Waals surface area contributed by atoms with E-state index in [1.54, 1.807) is 20.8 Å². The van der Waals surface area contributed by atoms with Gasteiger partial charge in [-0.25, -0.2) is 9.78 Å². The predicted molar refractivity (Wildman–Crippen MR) is 72.5 cm³/mol. The van der Waals surface area contributed by atoms with Crippen molar-refractivity contribution >= 4 is 29.3 Å². The summed E-state index contributed by atoms with van der Waals surface area (Å²) in [6.07, 6.45) is -0.627. The molecule has 1 rings (SSSR count). The highest BCUT2D eigenvalue weighted by molar-refractivity contribution is 6.30. The first-order valence-electron chi connectivity index (χ1n) is 5.61. The zero-order chi connectivity index (χ0) is 14.6. The van der Waals surface area contributed by atoms with Gasteiger partial charge in [-0.05, 0) is 32.9 Å². The Morgan fingerprint density at radius 2 is 1.95 bits per heavy atom. The van der Waals surface area contributed by atoms with Crippen molar-refractivity contribution in [1.82, 2.24) is 10.3 Å². The first kappa shape index (κ1) is 15.2. The van der Waals surface area contributed by atoms with Crippen molar-refractivity contribution in [3.8, 4) is 0 Å². The lowest BCUT2D eigenvalue weighted by Crippen LogP contribution is -2.27. The van der Waals surface area contributed by atoms with Crippen LogP contribution in [0.5, 0.6) is 0 Å². The molecule has 0 radical (unpaired) electrons. The quantitative estimate of drug-likeness (QED) is 0.818. The molecule has 7 heteroatoms. The van der Waals surface area contributed by atoms with Gasteiger partial charge in [0.2, 0.25) is 0 Å². The lowest BCUT2D eigenvalue weighted by molar-refractivity contribution is 0.0635. The number of hydrogen-bond acceptors (Lipinski definition) is 4. The van der Waals surface area contributed by atoms with Crippen LogP contribution < -0.4 is 10.6 Å². The van der Waals surface area contributed by atoms with E-state index in [0.29, 0.717) is 5.69 Å². The smallest absolute Gasteiger partial charge is 0.412 e. The topological polar surface area (TPSA) is 80.3 Å². The van der Waals surface area contributed by atoms with Crippen LogP contribution in [-0.4, -0.2) is 29.6 Å². The lowest BCUT2D eigenvalue weighted by atomic mass is 10.2. The Labute approximate surface area is 116 Å². The summed E-state index contributed by atoms with van der Waals surface area (Å²) in [7, 11) is 1.48. The number of rotatable bonds is 2. The fourth-order valence-corrected chi connectivity index (χ4v) is 1.44. The van der Waals surface area contributed by atoms with Crippen molar-refractivity contribution in [3.05, 3.63) is 23.0 Å². The lowest BCUT2D eigenvalue weighted by Gasteiger charge is -2.19. The number of hydrogen-bond donors (Lipinski definition) is 2. The summed E-state index contributed by atoms with van der Waals surface area (Å²) in [5.74, 6) is -0.394. The van der Waals surface area contributed by atoms with E-state index in [2.05, 4.69) is 15.6 Å². The van der Waals surface area contributed by atoms with E-state index in [4.69, 9.17) is 16.3 Å². The van der Waals surface area contributed by atoms with Crippen molar-refractivity contribution in [1.29, 1.82) is 0 Å². The average Bonchev–Trinajstić information content (AvgIpc) is 2.24. The molecule has 0 bridgehead atoms. The molecule has 0 saturated carbocycles. The molecule has 1 aromatic heterocycles. The van der Waals surface area contributed by atoms with Crippen LogP contribution in [0.15, 0.2) is 12.1 Å². The third-order valence-electron chi connectivity index (χ3n) is 1.90. The van der Waals surface area contributed by atoms with Crippen LogP contribution >= 0.6 is 11.6 Å². The second-order valence-corrected chi connectivity index (χ2v) is 5.16. The molecule has 0 unspecified atom stereocenters. The Morgan fingerprint density at radius 3 is 2.47 bits per heavy atom. The number of nitrogens with one attached hydrogen (secondary N) is 2. The van der Waals surface area contributed by atoms with Crippen LogP contribution in [0.25, 0.3) is 0 Å². The number of carbonyl (C=O) groups is 2. The summed E-state index contributed by atoms with van der Waals surface area (Å²) in [6, 6.07) is 2.84. The van der Waals surface area contributed by atoms with Gasteiger partial charge in [-0.3, -0.25) is 10.1 Å². The first-order chi connectivity index (χ1) is 8.71. The van der Waals surface area contributed by atoms with E-state index in [1.807, 2.05) is 0 Å². The third-order valence-corrected chi connectivity index (χ3v) is 2.09. The van der Waals surface area contributed by atoms with E-state index in [1.165, 1.54) is 19.2 Å². The number of pyridine rings is 1. The summed E-state index contributed by atoms with van der Waals surface area (Å²) in [6.45, 7) is 5.26. The minimum absolute atomic E-state index is 0.104. The Bertz CT molecular complexity index is 497. The first-order valence-corrected chi connectivity index (χ1v) is 5.99. The minimum Gasteiger partial charge on any atom is -0.444 e. The molecule has 1 aromatic rings. The predicted octanol–water partition coefficient (Wildman–Crippen LogP) is 2.44. The highest BCUT2D eigenvalue weighted by Gasteiger charge is 2.17. The molecule has 0 aliphatic carbocycles. The molecule has 2 N–H and O–H groups in total. The Kier molecular flexibility index (Phi) is 4.72. The summed E-state index contributed by atoms with van der Waals surface area (Å²) in [5, 5.41) is 5.02. The molecule has 6 nitrogen and oxygen atoms in total. The van der Waals surface area contributed by atoms with Crippen molar-refractivity contribution in [3.63, 3.8) is 0 Å². The number of amides is 2. The highest BCUT2D eigenvalue weighted by Crippen LogP contribution is 2.17. The van der Waals surface area contributed by atoms with Crippen molar-refractivity contribution in [2.75, 3.05) is 12.4 Å². The molecule has 19 heavy (non-hydrogen) atoms. The summed E-state index contributed by atoms with van der Waals surface area (Å²) in [5.41, 5.74) is -0.154. The van der Waals surface area contributed by atoms with Crippen LogP contribution in [0, 0.1) is 0 Å². The standard InChI is InChI=1S/C12H16ClN3O3/c1-12(2,3)19-11(18)15-7-5-8(10(17)14-4)16-9(13)6-7/h5-6H,1-4H3,(H,14,17)(H,15,16,18). The van der Waals surface area contributed by atoms with Gasteiger partial charge in [-0.15, -0.1) is 0 Å². The molecule has 0 atom stereocenters. The Hall–Kier alpha value is -1.82. The average molecular weight is 286 g/mol. The molecular formula is C12H16ClN3O3. The van der Waals surface area contributed by atoms with Crippen LogP contribution in [0.4, 0.5) is 10.5 Å². The van der Waals surface area contributed by atoms with Gasteiger partial charge in [0.05, 0.1) is 0 Å². The van der Waals surface area contributed by atoms with Crippen molar-refractivity contribution < 1.29 is 14.3 Å². The van der Waals surface area contributed by atoms with Gasteiger partial charge < -0.3 is 10.1 Å². The monoisotopic (exact) mass is 285 g/mol. The molecule has 0 aromatic carbocycles. The molecule has 0 spiro atoms. The fourth-order valence-electron chi connectivity index (χ4n) is 1.23. The van der Waals surface area contributed by atoms with Crippen LogP contribution in [0.3, 0.4) is 0 Å². The van der Waals surface area contributed by atoms with Gasteiger partial charge in [0.15, 0.2) is 0 Å². The van der Waals surface area contributed by atoms with Crippen LogP contribution in [0.1, 0.15) is 31.3 Å². The summed E-state index contributed by atoms with van der Waals surface area (Å²) in [4.78, 5) is 26.9. The highest BCUT2D eigenvalue weighted by atomic mass is 35.5. The fraction of sp³-hybridized carbons (Fsp3) is 0.417. The maximum Gasteiger partial charge on any atom is 0.412 e. The zero-order valence-electron chi connectivity index (χ0n) is 11.2. The second-order valence-electron chi connectivity index (χ2n) is 4.77. The molecular weight excluding hydrogens is 270 g/mol. The second kappa shape index (κ2) is 5.88. The molecule has 0 fully saturated rings. The van der Waals surface area contributed by atoms with Gasteiger partial charge in [0.25, 0.3) is 5.91 Å².